The molecule has 0 saturated heterocycles. The average Bonchev–Trinajstić information content (AvgIpc) is 3.15. The molecular formula is C22H22N2O5. The first kappa shape index (κ1) is 18.9. The molecule has 0 unspecified atom stereocenters. The quantitative estimate of drug-likeness (QED) is 0.796. The van der Waals surface area contributed by atoms with E-state index in [9.17, 15) is 9.59 Å². The molecule has 7 nitrogen and oxygen atoms in total. The Balaban J connectivity index is 1.81. The second-order valence-corrected chi connectivity index (χ2v) is 7.12. The molecule has 4 rings (SSSR count). The summed E-state index contributed by atoms with van der Waals surface area (Å²) in [5.74, 6) is 0.714. The minimum Gasteiger partial charge on any atom is -0.459 e. The smallest absolute Gasteiger partial charge is 0.338 e. The number of anilines is 1. The number of carbonyl (C=O) groups excluding carboxylic acids is 2. The summed E-state index contributed by atoms with van der Waals surface area (Å²) in [7, 11) is 0. The first-order valence-electron chi connectivity index (χ1n) is 9.42. The van der Waals surface area contributed by atoms with Gasteiger partial charge in [-0.2, -0.15) is 0 Å². The highest BCUT2D eigenvalue weighted by molar-refractivity contribution is 6.03. The predicted octanol–water partition coefficient (Wildman–Crippen LogP) is 3.91. The number of nitrogens with zero attached hydrogens (tertiary/aromatic N) is 1. The van der Waals surface area contributed by atoms with E-state index in [1.807, 2.05) is 30.3 Å². The lowest BCUT2D eigenvalue weighted by molar-refractivity contribution is -0.143. The van der Waals surface area contributed by atoms with E-state index in [0.29, 0.717) is 28.5 Å². The maximum absolute atomic E-state index is 13.0. The van der Waals surface area contributed by atoms with Gasteiger partial charge in [-0.25, -0.2) is 9.59 Å². The predicted molar refractivity (Wildman–Crippen MR) is 107 cm³/mol. The lowest BCUT2D eigenvalue weighted by Crippen LogP contribution is -2.48. The lowest BCUT2D eigenvalue weighted by atomic mass is 9.94. The number of fused-ring (bicyclic) bond motifs is 1. The van der Waals surface area contributed by atoms with Gasteiger partial charge < -0.3 is 19.5 Å². The van der Waals surface area contributed by atoms with Crippen LogP contribution in [0.4, 0.5) is 10.5 Å². The van der Waals surface area contributed by atoms with E-state index in [0.717, 1.165) is 5.56 Å². The summed E-state index contributed by atoms with van der Waals surface area (Å²) in [6.07, 6.45) is -0.282. The van der Waals surface area contributed by atoms with Gasteiger partial charge in [-0.1, -0.05) is 30.3 Å². The largest absolute Gasteiger partial charge is 0.459 e. The third kappa shape index (κ3) is 3.51. The summed E-state index contributed by atoms with van der Waals surface area (Å²) in [5.41, 5.74) is 2.28. The first-order valence-corrected chi connectivity index (χ1v) is 9.42. The van der Waals surface area contributed by atoms with E-state index < -0.39 is 12.0 Å². The highest BCUT2D eigenvalue weighted by atomic mass is 16.7. The van der Waals surface area contributed by atoms with Crippen molar-refractivity contribution in [2.24, 2.45) is 0 Å². The minimum absolute atomic E-state index is 0.141. The van der Waals surface area contributed by atoms with Crippen LogP contribution < -0.4 is 19.7 Å². The Morgan fingerprint density at radius 1 is 1.14 bits per heavy atom. The van der Waals surface area contributed by atoms with Crippen LogP contribution in [0.25, 0.3) is 0 Å². The van der Waals surface area contributed by atoms with Gasteiger partial charge in [0.05, 0.1) is 23.4 Å². The van der Waals surface area contributed by atoms with Gasteiger partial charge in [-0.05, 0) is 38.5 Å². The first-order chi connectivity index (χ1) is 14.0. The summed E-state index contributed by atoms with van der Waals surface area (Å²) in [6.45, 7) is 5.47. The van der Waals surface area contributed by atoms with Crippen LogP contribution in [0.1, 0.15) is 32.4 Å². The fourth-order valence-electron chi connectivity index (χ4n) is 3.52. The summed E-state index contributed by atoms with van der Waals surface area (Å²) in [4.78, 5) is 27.5. The zero-order valence-corrected chi connectivity index (χ0v) is 16.5. The molecule has 2 heterocycles. The maximum atomic E-state index is 13.0. The van der Waals surface area contributed by atoms with Crippen molar-refractivity contribution in [1.82, 2.24) is 5.32 Å². The van der Waals surface area contributed by atoms with Gasteiger partial charge in [0.1, 0.15) is 0 Å². The van der Waals surface area contributed by atoms with Crippen molar-refractivity contribution >= 4 is 17.7 Å². The van der Waals surface area contributed by atoms with Gasteiger partial charge in [0.2, 0.25) is 6.79 Å². The molecule has 7 heteroatoms. The molecule has 0 radical (unpaired) electrons. The number of carbonyl (C=O) groups is 2. The molecule has 2 aromatic rings. The SMILES string of the molecule is CC1=C(C(=O)OC(C)C)[C@H](c2ccccc2)NC(=O)N1c1ccc2c(c1)OCO2. The normalized spacial score (nSPS) is 18.1. The van der Waals surface area contributed by atoms with Gasteiger partial charge in [0.15, 0.2) is 11.5 Å². The number of hydrogen-bond donors (Lipinski definition) is 1. The maximum Gasteiger partial charge on any atom is 0.338 e. The Hall–Kier alpha value is -3.48. The van der Waals surface area contributed by atoms with Crippen LogP contribution in [0.5, 0.6) is 11.5 Å². The van der Waals surface area contributed by atoms with Gasteiger partial charge in [-0.3, -0.25) is 4.90 Å². The number of benzene rings is 2. The number of allylic oxidation sites excluding steroid dienone is 1. The Morgan fingerprint density at radius 2 is 1.86 bits per heavy atom. The molecule has 0 aromatic heterocycles. The van der Waals surface area contributed by atoms with E-state index in [-0.39, 0.29) is 18.9 Å². The third-order valence-electron chi connectivity index (χ3n) is 4.79. The van der Waals surface area contributed by atoms with Crippen LogP contribution in [0.3, 0.4) is 0 Å². The second kappa shape index (κ2) is 7.50. The summed E-state index contributed by atoms with van der Waals surface area (Å²) in [6, 6.07) is 13.7. The molecule has 0 aliphatic carbocycles. The highest BCUT2D eigenvalue weighted by Crippen LogP contribution is 2.39. The number of rotatable bonds is 4. The Morgan fingerprint density at radius 3 is 2.59 bits per heavy atom. The number of esters is 1. The van der Waals surface area contributed by atoms with Crippen molar-refractivity contribution in [3.8, 4) is 11.5 Å². The molecule has 29 heavy (non-hydrogen) atoms. The second-order valence-electron chi connectivity index (χ2n) is 7.12. The molecule has 2 aliphatic heterocycles. The molecule has 2 aromatic carbocycles. The van der Waals surface area contributed by atoms with E-state index in [1.165, 1.54) is 4.90 Å². The molecule has 0 bridgehead atoms. The molecule has 0 saturated carbocycles. The van der Waals surface area contributed by atoms with Crippen molar-refractivity contribution in [2.45, 2.75) is 32.9 Å². The molecule has 1 N–H and O–H groups in total. The zero-order chi connectivity index (χ0) is 20.5. The molecule has 150 valence electrons. The Kier molecular flexibility index (Phi) is 4.88. The number of nitrogens with one attached hydrogen (secondary N) is 1. The van der Waals surface area contributed by atoms with Crippen LogP contribution in [0, 0.1) is 0 Å². The molecule has 0 spiro atoms. The van der Waals surface area contributed by atoms with E-state index in [2.05, 4.69) is 5.32 Å². The Labute approximate surface area is 168 Å². The van der Waals surface area contributed by atoms with Crippen molar-refractivity contribution in [3.63, 3.8) is 0 Å². The molecular weight excluding hydrogens is 372 g/mol. The van der Waals surface area contributed by atoms with Crippen molar-refractivity contribution in [2.75, 3.05) is 11.7 Å². The fourth-order valence-corrected chi connectivity index (χ4v) is 3.52. The van der Waals surface area contributed by atoms with Crippen LogP contribution in [0.15, 0.2) is 59.8 Å². The molecule has 1 atom stereocenters. The van der Waals surface area contributed by atoms with Gasteiger partial charge >= 0.3 is 12.0 Å². The van der Waals surface area contributed by atoms with Crippen LogP contribution >= 0.6 is 0 Å². The fraction of sp³-hybridized carbons (Fsp3) is 0.273. The minimum atomic E-state index is -0.597. The number of amides is 2. The highest BCUT2D eigenvalue weighted by Gasteiger charge is 2.37. The standard InChI is InChI=1S/C22H22N2O5/c1-13(2)29-21(25)19-14(3)24(16-9-10-17-18(11-16)28-12-27-17)22(26)23-20(19)15-7-5-4-6-8-15/h4-11,13,20H,12H2,1-3H3,(H,23,26)/t20-/m0/s1. The average molecular weight is 394 g/mol. The van der Waals surface area contributed by atoms with Crippen LogP contribution in [0.2, 0.25) is 0 Å². The van der Waals surface area contributed by atoms with Crippen LogP contribution in [-0.2, 0) is 9.53 Å². The monoisotopic (exact) mass is 394 g/mol. The Bertz CT molecular complexity index is 984. The topological polar surface area (TPSA) is 77.1 Å². The van der Waals surface area contributed by atoms with Gasteiger partial charge in [0.25, 0.3) is 0 Å². The molecule has 2 aliphatic rings. The summed E-state index contributed by atoms with van der Waals surface area (Å²) >= 11 is 0. The zero-order valence-electron chi connectivity index (χ0n) is 16.5. The lowest BCUT2D eigenvalue weighted by Gasteiger charge is -2.35. The molecule has 2 amide bonds. The van der Waals surface area contributed by atoms with E-state index >= 15 is 0 Å². The molecule has 0 fully saturated rings. The number of ether oxygens (including phenoxy) is 3. The van der Waals surface area contributed by atoms with Crippen LogP contribution in [-0.4, -0.2) is 24.9 Å². The number of urea groups is 1. The van der Waals surface area contributed by atoms with Crippen molar-refractivity contribution in [3.05, 3.63) is 65.4 Å². The summed E-state index contributed by atoms with van der Waals surface area (Å²) < 4.78 is 16.3. The number of hydrogen-bond acceptors (Lipinski definition) is 5. The summed E-state index contributed by atoms with van der Waals surface area (Å²) in [5, 5.41) is 2.94. The van der Waals surface area contributed by atoms with Crippen molar-refractivity contribution in [1.29, 1.82) is 0 Å². The van der Waals surface area contributed by atoms with Gasteiger partial charge in [-0.15, -0.1) is 0 Å². The van der Waals surface area contributed by atoms with Crippen molar-refractivity contribution < 1.29 is 23.8 Å². The van der Waals surface area contributed by atoms with E-state index in [1.54, 1.807) is 39.0 Å². The third-order valence-corrected chi connectivity index (χ3v) is 4.79. The van der Waals surface area contributed by atoms with E-state index in [4.69, 9.17) is 14.2 Å². The van der Waals surface area contributed by atoms with Gasteiger partial charge in [0, 0.05) is 11.8 Å².